The summed E-state index contributed by atoms with van der Waals surface area (Å²) in [4.78, 5) is 12.7. The molecule has 3 N–H and O–H groups in total. The average Bonchev–Trinajstić information content (AvgIpc) is 3.06. The number of para-hydroxylation sites is 1. The van der Waals surface area contributed by atoms with Gasteiger partial charge in [0.05, 0.1) is 33.9 Å². The lowest BCUT2D eigenvalue weighted by Crippen LogP contribution is -2.24. The number of aliphatic hydroxyl groups excluding tert-OH is 1. The predicted octanol–water partition coefficient (Wildman–Crippen LogP) is 2.60. The van der Waals surface area contributed by atoms with Crippen LogP contribution in [0.1, 0.15) is 5.69 Å². The van der Waals surface area contributed by atoms with E-state index in [0.29, 0.717) is 26.7 Å². The molecule has 1 atom stereocenters. The maximum atomic E-state index is 10.5. The van der Waals surface area contributed by atoms with E-state index in [1.54, 1.807) is 12.1 Å². The fourth-order valence-corrected chi connectivity index (χ4v) is 3.33. The number of nitrogens with one attached hydrogen (secondary N) is 2. The number of benzene rings is 2. The Kier molecular flexibility index (Phi) is 3.73. The number of nitrogens with zero attached hydrogens (tertiary/aromatic N) is 1. The molecule has 0 aliphatic carbocycles. The first kappa shape index (κ1) is 15.5. The number of aromatic nitrogens is 1. The summed E-state index contributed by atoms with van der Waals surface area (Å²) < 4.78 is 0. The van der Waals surface area contributed by atoms with Gasteiger partial charge in [-0.2, -0.15) is 0 Å². The van der Waals surface area contributed by atoms with E-state index in [4.69, 9.17) is 28.0 Å². The topological polar surface area (TPSA) is 69.6 Å². The summed E-state index contributed by atoms with van der Waals surface area (Å²) in [6.07, 6.45) is -1.01. The van der Waals surface area contributed by atoms with E-state index in [1.165, 1.54) is 7.11 Å². The van der Waals surface area contributed by atoms with Gasteiger partial charge in [0.1, 0.15) is 0 Å². The van der Waals surface area contributed by atoms with Crippen molar-refractivity contribution >= 4 is 45.4 Å². The summed E-state index contributed by atoms with van der Waals surface area (Å²) in [5, 5.41) is 13.6. The van der Waals surface area contributed by atoms with Gasteiger partial charge in [-0.1, -0.05) is 41.4 Å². The van der Waals surface area contributed by atoms with Gasteiger partial charge in [-0.25, -0.2) is 4.99 Å². The Morgan fingerprint density at radius 2 is 1.96 bits per heavy atom. The molecule has 7 heteroatoms. The third-order valence-electron chi connectivity index (χ3n) is 4.03. The van der Waals surface area contributed by atoms with E-state index >= 15 is 0 Å². The Morgan fingerprint density at radius 3 is 2.75 bits per heavy atom. The Bertz CT molecular complexity index is 1080. The first-order valence-electron chi connectivity index (χ1n) is 7.25. The maximum Gasteiger partial charge on any atom is 0.174 e. The zero-order chi connectivity index (χ0) is 16.8. The smallest absolute Gasteiger partial charge is 0.174 e. The van der Waals surface area contributed by atoms with Gasteiger partial charge >= 0.3 is 0 Å². The second-order valence-corrected chi connectivity index (χ2v) is 6.24. The molecule has 5 nitrogen and oxygen atoms in total. The Balaban J connectivity index is 2.08. The summed E-state index contributed by atoms with van der Waals surface area (Å²) in [5.41, 5.74) is 5.86. The van der Waals surface area contributed by atoms with Crippen molar-refractivity contribution in [2.75, 3.05) is 12.6 Å². The lowest BCUT2D eigenvalue weighted by molar-refractivity contribution is 0.241. The molecule has 2 aromatic carbocycles. The molecule has 0 bridgehead atoms. The molecule has 1 aliphatic heterocycles. The lowest BCUT2D eigenvalue weighted by atomic mass is 10.1. The molecule has 1 aromatic heterocycles. The van der Waals surface area contributed by atoms with E-state index in [1.807, 2.05) is 24.3 Å². The first-order chi connectivity index (χ1) is 11.6. The molecule has 24 heavy (non-hydrogen) atoms. The van der Waals surface area contributed by atoms with Crippen LogP contribution in [0, 0.1) is 0 Å². The fraction of sp³-hybridized carbons (Fsp3) is 0.118. The molecule has 0 amide bonds. The number of aromatic amines is 1. The molecule has 2 heterocycles. The molecule has 0 radical (unpaired) electrons. The van der Waals surface area contributed by atoms with Gasteiger partial charge in [0.15, 0.2) is 6.23 Å². The standard InChI is InChI=1S/C17H13Cl2N3O2/c1-24-22-15-8-4-2-3-5-12(8)20-16(15)14-9-6-10(18)11(19)7-13(9)21-17(14)23/h2-7,17,20,22-23H,1H3. The van der Waals surface area contributed by atoms with Crippen molar-refractivity contribution in [1.82, 2.24) is 4.98 Å². The van der Waals surface area contributed by atoms with E-state index in [0.717, 1.165) is 21.8 Å². The number of H-pyrrole nitrogens is 1. The van der Waals surface area contributed by atoms with E-state index in [2.05, 4.69) is 15.5 Å². The highest BCUT2D eigenvalue weighted by molar-refractivity contribution is 6.41. The van der Waals surface area contributed by atoms with Crippen LogP contribution in [-0.4, -0.2) is 23.4 Å². The number of halogens is 2. The number of hydrogen-bond acceptors (Lipinski definition) is 4. The summed E-state index contributed by atoms with van der Waals surface area (Å²) in [5.74, 6) is 0. The molecule has 0 spiro atoms. The SMILES string of the molecule is CONc1c(C2=c3cc(Cl)c(Cl)cc3=NC2O)[nH]c2ccccc12. The zero-order valence-corrected chi connectivity index (χ0v) is 14.1. The summed E-state index contributed by atoms with van der Waals surface area (Å²) >= 11 is 12.2. The molecule has 0 saturated heterocycles. The van der Waals surface area contributed by atoms with Crippen molar-refractivity contribution in [1.29, 1.82) is 0 Å². The Hall–Kier alpha value is -2.05. The van der Waals surface area contributed by atoms with Crippen LogP contribution >= 0.6 is 23.2 Å². The molecule has 0 saturated carbocycles. The predicted molar refractivity (Wildman–Crippen MR) is 94.7 cm³/mol. The molecular formula is C17H13Cl2N3O2. The van der Waals surface area contributed by atoms with Crippen LogP contribution in [0.25, 0.3) is 16.5 Å². The van der Waals surface area contributed by atoms with Crippen molar-refractivity contribution in [3.63, 3.8) is 0 Å². The van der Waals surface area contributed by atoms with Crippen LogP contribution in [-0.2, 0) is 4.84 Å². The third-order valence-corrected chi connectivity index (χ3v) is 4.75. The zero-order valence-electron chi connectivity index (χ0n) is 12.6. The minimum Gasteiger partial charge on any atom is -0.368 e. The van der Waals surface area contributed by atoms with Gasteiger partial charge in [-0.05, 0) is 18.2 Å². The van der Waals surface area contributed by atoms with Gasteiger partial charge in [-0.3, -0.25) is 10.3 Å². The average molecular weight is 362 g/mol. The second kappa shape index (κ2) is 5.79. The van der Waals surface area contributed by atoms with Crippen LogP contribution in [0.2, 0.25) is 10.0 Å². The molecule has 122 valence electrons. The van der Waals surface area contributed by atoms with Crippen molar-refractivity contribution in [3.05, 3.63) is 62.7 Å². The van der Waals surface area contributed by atoms with Crippen LogP contribution < -0.4 is 16.1 Å². The molecule has 3 aromatic rings. The quantitative estimate of drug-likeness (QED) is 0.628. The molecule has 4 rings (SSSR count). The van der Waals surface area contributed by atoms with Crippen LogP contribution in [0.4, 0.5) is 5.69 Å². The summed E-state index contributed by atoms with van der Waals surface area (Å²) in [6.45, 7) is 0. The van der Waals surface area contributed by atoms with Crippen molar-refractivity contribution in [3.8, 4) is 0 Å². The van der Waals surface area contributed by atoms with E-state index in [-0.39, 0.29) is 0 Å². The number of anilines is 1. The van der Waals surface area contributed by atoms with Gasteiger partial charge in [0.25, 0.3) is 0 Å². The number of fused-ring (bicyclic) bond motifs is 2. The summed E-state index contributed by atoms with van der Waals surface area (Å²) in [6, 6.07) is 11.2. The van der Waals surface area contributed by atoms with Gasteiger partial charge in [0, 0.05) is 21.7 Å². The fourth-order valence-electron chi connectivity index (χ4n) is 3.01. The highest BCUT2D eigenvalue weighted by Crippen LogP contribution is 2.33. The Labute approximate surface area is 147 Å². The largest absolute Gasteiger partial charge is 0.368 e. The van der Waals surface area contributed by atoms with E-state index in [9.17, 15) is 5.11 Å². The highest BCUT2D eigenvalue weighted by atomic mass is 35.5. The van der Waals surface area contributed by atoms with Gasteiger partial charge in [-0.15, -0.1) is 0 Å². The number of rotatable bonds is 3. The lowest BCUT2D eigenvalue weighted by Gasteiger charge is -2.10. The third kappa shape index (κ3) is 2.29. The highest BCUT2D eigenvalue weighted by Gasteiger charge is 2.25. The van der Waals surface area contributed by atoms with Crippen LogP contribution in [0.15, 0.2) is 41.4 Å². The van der Waals surface area contributed by atoms with Crippen molar-refractivity contribution < 1.29 is 9.94 Å². The molecule has 0 fully saturated rings. The minimum absolute atomic E-state index is 0.402. The monoisotopic (exact) mass is 361 g/mol. The minimum atomic E-state index is -1.01. The molecule has 1 unspecified atom stereocenters. The maximum absolute atomic E-state index is 10.5. The number of hydrogen-bond donors (Lipinski definition) is 3. The van der Waals surface area contributed by atoms with Crippen LogP contribution in [0.5, 0.6) is 0 Å². The summed E-state index contributed by atoms with van der Waals surface area (Å²) in [7, 11) is 1.54. The van der Waals surface area contributed by atoms with E-state index < -0.39 is 6.23 Å². The first-order valence-corrected chi connectivity index (χ1v) is 8.01. The van der Waals surface area contributed by atoms with Gasteiger partial charge in [0.2, 0.25) is 0 Å². The molecular weight excluding hydrogens is 349 g/mol. The van der Waals surface area contributed by atoms with Crippen LogP contribution in [0.3, 0.4) is 0 Å². The van der Waals surface area contributed by atoms with Gasteiger partial charge < -0.3 is 10.1 Å². The second-order valence-electron chi connectivity index (χ2n) is 5.43. The van der Waals surface area contributed by atoms with Crippen molar-refractivity contribution in [2.45, 2.75) is 6.23 Å². The Morgan fingerprint density at radius 1 is 1.21 bits per heavy atom. The normalized spacial score (nSPS) is 16.3. The molecule has 1 aliphatic rings. The number of aliphatic hydroxyl groups is 1. The van der Waals surface area contributed by atoms with Crippen molar-refractivity contribution in [2.24, 2.45) is 4.99 Å².